The van der Waals surface area contributed by atoms with E-state index in [9.17, 15) is 0 Å². The summed E-state index contributed by atoms with van der Waals surface area (Å²) in [6, 6.07) is 0.627. The van der Waals surface area contributed by atoms with E-state index in [0.29, 0.717) is 18.3 Å². The maximum absolute atomic E-state index is 8.74. The largest absolute Gasteiger partial charge is 0.396 e. The van der Waals surface area contributed by atoms with Gasteiger partial charge in [0.15, 0.2) is 5.82 Å². The van der Waals surface area contributed by atoms with Gasteiger partial charge in [0.1, 0.15) is 0 Å². The highest BCUT2D eigenvalue weighted by atomic mass is 16.5. The Morgan fingerprint density at radius 3 is 2.85 bits per heavy atom. The van der Waals surface area contributed by atoms with E-state index in [-0.39, 0.29) is 12.6 Å². The third-order valence-electron chi connectivity index (χ3n) is 1.83. The highest BCUT2D eigenvalue weighted by Gasteiger charge is 2.08. The molecule has 5 nitrogen and oxygen atoms in total. The monoisotopic (exact) mass is 185 g/mol. The number of rotatable bonds is 5. The number of hydrogen-bond donors (Lipinski definition) is 2. The van der Waals surface area contributed by atoms with Crippen molar-refractivity contribution in [2.45, 2.75) is 32.7 Å². The van der Waals surface area contributed by atoms with Gasteiger partial charge in [0.2, 0.25) is 0 Å². The van der Waals surface area contributed by atoms with Crippen LogP contribution in [0.25, 0.3) is 0 Å². The number of nitrogens with one attached hydrogen (secondary N) is 1. The van der Waals surface area contributed by atoms with Crippen molar-refractivity contribution in [2.75, 3.05) is 11.9 Å². The van der Waals surface area contributed by atoms with Crippen molar-refractivity contribution in [3.05, 3.63) is 5.82 Å². The van der Waals surface area contributed by atoms with Gasteiger partial charge in [-0.3, -0.25) is 0 Å². The van der Waals surface area contributed by atoms with Gasteiger partial charge in [-0.05, 0) is 19.8 Å². The van der Waals surface area contributed by atoms with Crippen LogP contribution in [-0.4, -0.2) is 27.9 Å². The molecule has 0 aliphatic carbocycles. The Morgan fingerprint density at radius 2 is 2.38 bits per heavy atom. The minimum absolute atomic E-state index is 0.165. The molecule has 1 heterocycles. The van der Waals surface area contributed by atoms with Crippen LogP contribution < -0.4 is 5.32 Å². The molecular weight excluding hydrogens is 170 g/mol. The first-order valence-corrected chi connectivity index (χ1v) is 4.44. The third-order valence-corrected chi connectivity index (χ3v) is 1.83. The van der Waals surface area contributed by atoms with Crippen molar-refractivity contribution in [2.24, 2.45) is 0 Å². The molecule has 0 radical (unpaired) electrons. The molecule has 0 fully saturated rings. The topological polar surface area (TPSA) is 71.2 Å². The van der Waals surface area contributed by atoms with Crippen LogP contribution in [0.15, 0.2) is 4.52 Å². The third kappa shape index (κ3) is 3.02. The molecule has 74 valence electrons. The Hall–Kier alpha value is -1.10. The molecular formula is C8H15N3O2. The molecule has 0 bridgehead atoms. The highest BCUT2D eigenvalue weighted by molar-refractivity contribution is 5.19. The van der Waals surface area contributed by atoms with Crippen molar-refractivity contribution in [3.8, 4) is 0 Å². The van der Waals surface area contributed by atoms with Crippen molar-refractivity contribution in [1.82, 2.24) is 10.1 Å². The highest BCUT2D eigenvalue weighted by Crippen LogP contribution is 2.08. The normalized spacial score (nSPS) is 12.8. The van der Waals surface area contributed by atoms with Crippen LogP contribution in [0.5, 0.6) is 0 Å². The smallest absolute Gasteiger partial charge is 0.321 e. The van der Waals surface area contributed by atoms with Crippen LogP contribution >= 0.6 is 0 Å². The molecule has 0 aromatic carbocycles. The fourth-order valence-corrected chi connectivity index (χ4v) is 1.06. The lowest BCUT2D eigenvalue weighted by Crippen LogP contribution is -2.19. The summed E-state index contributed by atoms with van der Waals surface area (Å²) < 4.78 is 4.89. The molecule has 1 rings (SSSR count). The lowest BCUT2D eigenvalue weighted by atomic mass is 10.2. The van der Waals surface area contributed by atoms with E-state index in [2.05, 4.69) is 15.5 Å². The van der Waals surface area contributed by atoms with E-state index in [4.69, 9.17) is 9.63 Å². The molecule has 2 N–H and O–H groups in total. The lowest BCUT2D eigenvalue weighted by Gasteiger charge is -2.12. The van der Waals surface area contributed by atoms with Crippen LogP contribution in [0, 0.1) is 6.92 Å². The summed E-state index contributed by atoms with van der Waals surface area (Å²) in [5.74, 6) is 0.612. The second-order valence-electron chi connectivity index (χ2n) is 2.91. The second-order valence-corrected chi connectivity index (χ2v) is 2.91. The number of aliphatic hydroxyl groups is 1. The quantitative estimate of drug-likeness (QED) is 0.714. The molecule has 1 unspecified atom stereocenters. The maximum Gasteiger partial charge on any atom is 0.321 e. The van der Waals surface area contributed by atoms with Gasteiger partial charge < -0.3 is 14.9 Å². The fourth-order valence-electron chi connectivity index (χ4n) is 1.06. The molecule has 0 spiro atoms. The summed E-state index contributed by atoms with van der Waals surface area (Å²) in [5.41, 5.74) is 0. The fraction of sp³-hybridized carbons (Fsp3) is 0.750. The van der Waals surface area contributed by atoms with E-state index in [1.165, 1.54) is 0 Å². The number of aromatic nitrogens is 2. The van der Waals surface area contributed by atoms with Crippen molar-refractivity contribution in [1.29, 1.82) is 0 Å². The van der Waals surface area contributed by atoms with Crippen molar-refractivity contribution in [3.63, 3.8) is 0 Å². The summed E-state index contributed by atoms with van der Waals surface area (Å²) in [4.78, 5) is 4.01. The zero-order valence-corrected chi connectivity index (χ0v) is 7.95. The average molecular weight is 185 g/mol. The van der Waals surface area contributed by atoms with Crippen LogP contribution in [0.4, 0.5) is 6.01 Å². The molecule has 5 heteroatoms. The van der Waals surface area contributed by atoms with Gasteiger partial charge in [0.05, 0.1) is 0 Å². The van der Waals surface area contributed by atoms with Gasteiger partial charge in [-0.1, -0.05) is 12.1 Å². The Balaban J connectivity index is 2.46. The summed E-state index contributed by atoms with van der Waals surface area (Å²) in [6.45, 7) is 3.97. The Labute approximate surface area is 77.2 Å². The zero-order valence-electron chi connectivity index (χ0n) is 7.95. The summed E-state index contributed by atoms with van der Waals surface area (Å²) in [5, 5.41) is 15.4. The number of aryl methyl sites for hydroxylation is 1. The Kier molecular flexibility index (Phi) is 3.70. The molecule has 0 saturated carbocycles. The first kappa shape index (κ1) is 9.98. The van der Waals surface area contributed by atoms with E-state index in [1.807, 2.05) is 6.92 Å². The van der Waals surface area contributed by atoms with E-state index >= 15 is 0 Å². The molecule has 0 saturated heterocycles. The van der Waals surface area contributed by atoms with Crippen LogP contribution in [-0.2, 0) is 0 Å². The number of aliphatic hydroxyl groups excluding tert-OH is 1. The number of nitrogens with zero attached hydrogens (tertiary/aromatic N) is 2. The first-order chi connectivity index (χ1) is 6.26. The molecule has 0 aliphatic heterocycles. The molecule has 1 aromatic heterocycles. The second kappa shape index (κ2) is 4.81. The first-order valence-electron chi connectivity index (χ1n) is 4.44. The molecule has 13 heavy (non-hydrogen) atoms. The molecule has 0 amide bonds. The summed E-state index contributed by atoms with van der Waals surface area (Å²) >= 11 is 0. The zero-order chi connectivity index (χ0) is 9.68. The van der Waals surface area contributed by atoms with Gasteiger partial charge in [-0.2, -0.15) is 4.98 Å². The van der Waals surface area contributed by atoms with Gasteiger partial charge in [-0.25, -0.2) is 0 Å². The van der Waals surface area contributed by atoms with Gasteiger partial charge in [-0.15, -0.1) is 0 Å². The van der Waals surface area contributed by atoms with Crippen LogP contribution in [0.2, 0.25) is 0 Å². The van der Waals surface area contributed by atoms with E-state index in [0.717, 1.165) is 6.42 Å². The number of hydrogen-bond acceptors (Lipinski definition) is 5. The van der Waals surface area contributed by atoms with Gasteiger partial charge in [0, 0.05) is 12.6 Å². The molecule has 0 aliphatic rings. The minimum Gasteiger partial charge on any atom is -0.396 e. The SMILES string of the molecule is CCC(CCO)Nc1nc(C)no1. The molecule has 1 atom stereocenters. The minimum atomic E-state index is 0.165. The van der Waals surface area contributed by atoms with Crippen LogP contribution in [0.1, 0.15) is 25.6 Å². The maximum atomic E-state index is 8.74. The standard InChI is InChI=1S/C8H15N3O2/c1-3-7(4-5-12)10-8-9-6(2)11-13-8/h7,12H,3-5H2,1-2H3,(H,9,10,11). The summed E-state index contributed by atoms with van der Waals surface area (Å²) in [6.07, 6.45) is 1.61. The summed E-state index contributed by atoms with van der Waals surface area (Å²) in [7, 11) is 0. The van der Waals surface area contributed by atoms with Crippen LogP contribution in [0.3, 0.4) is 0 Å². The predicted molar refractivity (Wildman–Crippen MR) is 48.4 cm³/mol. The van der Waals surface area contributed by atoms with E-state index in [1.54, 1.807) is 6.92 Å². The van der Waals surface area contributed by atoms with Gasteiger partial charge >= 0.3 is 6.01 Å². The van der Waals surface area contributed by atoms with Gasteiger partial charge in [0.25, 0.3) is 0 Å². The lowest BCUT2D eigenvalue weighted by molar-refractivity contribution is 0.276. The predicted octanol–water partition coefficient (Wildman–Crippen LogP) is 0.951. The molecule has 1 aromatic rings. The van der Waals surface area contributed by atoms with E-state index < -0.39 is 0 Å². The Morgan fingerprint density at radius 1 is 1.62 bits per heavy atom. The van der Waals surface area contributed by atoms with Crippen molar-refractivity contribution >= 4 is 6.01 Å². The average Bonchev–Trinajstić information content (AvgIpc) is 2.50. The van der Waals surface area contributed by atoms with Crippen molar-refractivity contribution < 1.29 is 9.63 Å². The number of anilines is 1. The Bertz CT molecular complexity index is 249.